The van der Waals surface area contributed by atoms with E-state index in [1.807, 2.05) is 12.1 Å². The predicted molar refractivity (Wildman–Crippen MR) is 96.9 cm³/mol. The minimum absolute atomic E-state index is 0.230. The Kier molecular flexibility index (Phi) is 3.48. The van der Waals surface area contributed by atoms with Crippen molar-refractivity contribution in [3.05, 3.63) is 35.8 Å². The third kappa shape index (κ3) is 2.24. The standard InChI is InChI=1S/C20H22N4O2/c25-19(26)20-8-2-5-14(20)11-24(12-20)18-15-6-1-7-16(15)22-17(23-18)13-4-3-9-21-10-13/h3-4,9-10,14H,1-2,5-8,11-12H2,(H,25,26)/t14-,20+/m0/s1. The number of carboxylic acid groups (broad SMARTS) is 1. The third-order valence-electron chi connectivity index (χ3n) is 6.43. The van der Waals surface area contributed by atoms with Crippen molar-refractivity contribution < 1.29 is 9.90 Å². The van der Waals surface area contributed by atoms with E-state index in [2.05, 4.69) is 9.88 Å². The van der Waals surface area contributed by atoms with E-state index in [4.69, 9.17) is 9.97 Å². The van der Waals surface area contributed by atoms with E-state index in [1.54, 1.807) is 12.4 Å². The minimum atomic E-state index is -0.638. The largest absolute Gasteiger partial charge is 0.481 e. The zero-order chi connectivity index (χ0) is 17.7. The fourth-order valence-electron chi connectivity index (χ4n) is 5.10. The van der Waals surface area contributed by atoms with Crippen LogP contribution in [0.2, 0.25) is 0 Å². The molecule has 1 N–H and O–H groups in total. The quantitative estimate of drug-likeness (QED) is 0.917. The highest BCUT2D eigenvalue weighted by molar-refractivity contribution is 5.78. The number of pyridine rings is 1. The average molecular weight is 350 g/mol. The second-order valence-corrected chi connectivity index (χ2v) is 7.82. The molecule has 0 spiro atoms. The molecule has 134 valence electrons. The monoisotopic (exact) mass is 350 g/mol. The third-order valence-corrected chi connectivity index (χ3v) is 6.43. The lowest BCUT2D eigenvalue weighted by Crippen LogP contribution is -2.36. The van der Waals surface area contributed by atoms with Gasteiger partial charge in [0, 0.05) is 42.3 Å². The molecular weight excluding hydrogens is 328 g/mol. The van der Waals surface area contributed by atoms with E-state index in [0.29, 0.717) is 12.4 Å². The first-order valence-corrected chi connectivity index (χ1v) is 9.46. The molecule has 3 aliphatic rings. The zero-order valence-electron chi connectivity index (χ0n) is 14.7. The minimum Gasteiger partial charge on any atom is -0.481 e. The second-order valence-electron chi connectivity index (χ2n) is 7.82. The molecule has 3 heterocycles. The van der Waals surface area contributed by atoms with Gasteiger partial charge in [-0.25, -0.2) is 9.97 Å². The summed E-state index contributed by atoms with van der Waals surface area (Å²) in [5, 5.41) is 9.90. The van der Waals surface area contributed by atoms with Gasteiger partial charge in [0.05, 0.1) is 5.41 Å². The van der Waals surface area contributed by atoms with Crippen LogP contribution in [-0.4, -0.2) is 39.1 Å². The lowest BCUT2D eigenvalue weighted by molar-refractivity contribution is -0.149. The van der Waals surface area contributed by atoms with Gasteiger partial charge >= 0.3 is 5.97 Å². The summed E-state index contributed by atoms with van der Waals surface area (Å²) in [6.07, 6.45) is 9.40. The Labute approximate surface area is 152 Å². The van der Waals surface area contributed by atoms with Gasteiger partial charge in [-0.2, -0.15) is 0 Å². The molecule has 2 aromatic rings. The highest BCUT2D eigenvalue weighted by Crippen LogP contribution is 2.50. The van der Waals surface area contributed by atoms with Crippen LogP contribution in [0.5, 0.6) is 0 Å². The molecule has 26 heavy (non-hydrogen) atoms. The number of aliphatic carboxylic acids is 1. The van der Waals surface area contributed by atoms with Crippen molar-refractivity contribution in [2.75, 3.05) is 18.0 Å². The van der Waals surface area contributed by atoms with Crippen LogP contribution in [-0.2, 0) is 17.6 Å². The molecule has 0 unspecified atom stereocenters. The molecule has 1 saturated heterocycles. The van der Waals surface area contributed by atoms with Gasteiger partial charge in [0.15, 0.2) is 5.82 Å². The Bertz CT molecular complexity index is 870. The number of rotatable bonds is 3. The Morgan fingerprint density at radius 3 is 2.96 bits per heavy atom. The van der Waals surface area contributed by atoms with Gasteiger partial charge in [0.25, 0.3) is 0 Å². The normalized spacial score (nSPS) is 26.8. The SMILES string of the molecule is O=C(O)[C@@]12CCC[C@H]1CN(c1nc(-c3cccnc3)nc3c1CCC3)C2. The Morgan fingerprint density at radius 1 is 1.27 bits per heavy atom. The molecule has 2 aliphatic carbocycles. The smallest absolute Gasteiger partial charge is 0.311 e. The highest BCUT2D eigenvalue weighted by atomic mass is 16.4. The molecule has 1 aliphatic heterocycles. The number of aryl methyl sites for hydroxylation is 1. The van der Waals surface area contributed by atoms with E-state index in [9.17, 15) is 9.90 Å². The van der Waals surface area contributed by atoms with E-state index < -0.39 is 11.4 Å². The fraction of sp³-hybridized carbons (Fsp3) is 0.500. The van der Waals surface area contributed by atoms with Crippen molar-refractivity contribution in [2.45, 2.75) is 38.5 Å². The van der Waals surface area contributed by atoms with Crippen LogP contribution in [0.3, 0.4) is 0 Å². The van der Waals surface area contributed by atoms with Crippen LogP contribution < -0.4 is 4.90 Å². The van der Waals surface area contributed by atoms with Crippen molar-refractivity contribution in [1.82, 2.24) is 15.0 Å². The topological polar surface area (TPSA) is 79.2 Å². The maximum absolute atomic E-state index is 12.0. The molecule has 0 aromatic carbocycles. The van der Waals surface area contributed by atoms with Crippen molar-refractivity contribution >= 4 is 11.8 Å². The summed E-state index contributed by atoms with van der Waals surface area (Å²) >= 11 is 0. The van der Waals surface area contributed by atoms with Gasteiger partial charge in [-0.15, -0.1) is 0 Å². The lowest BCUT2D eigenvalue weighted by Gasteiger charge is -2.25. The van der Waals surface area contributed by atoms with Crippen LogP contribution in [0.15, 0.2) is 24.5 Å². The van der Waals surface area contributed by atoms with E-state index in [-0.39, 0.29) is 5.92 Å². The number of aromatic nitrogens is 3. The molecule has 6 nitrogen and oxygen atoms in total. The predicted octanol–water partition coefficient (Wildman–Crippen LogP) is 2.72. The molecule has 0 bridgehead atoms. The van der Waals surface area contributed by atoms with Gasteiger partial charge in [-0.1, -0.05) is 6.42 Å². The molecule has 6 heteroatoms. The van der Waals surface area contributed by atoms with Crippen molar-refractivity contribution in [1.29, 1.82) is 0 Å². The van der Waals surface area contributed by atoms with E-state index in [0.717, 1.165) is 62.1 Å². The Hall–Kier alpha value is -2.50. The summed E-state index contributed by atoms with van der Waals surface area (Å²) in [6, 6.07) is 3.87. The van der Waals surface area contributed by atoms with Crippen LogP contribution >= 0.6 is 0 Å². The summed E-state index contributed by atoms with van der Waals surface area (Å²) in [7, 11) is 0. The number of carboxylic acids is 1. The van der Waals surface area contributed by atoms with Gasteiger partial charge in [-0.05, 0) is 50.2 Å². The van der Waals surface area contributed by atoms with Crippen LogP contribution in [0, 0.1) is 11.3 Å². The molecule has 2 fully saturated rings. The first kappa shape index (κ1) is 15.7. The van der Waals surface area contributed by atoms with Crippen LogP contribution in [0.25, 0.3) is 11.4 Å². The number of hydrogen-bond acceptors (Lipinski definition) is 5. The molecule has 1 saturated carbocycles. The summed E-state index contributed by atoms with van der Waals surface area (Å²) in [6.45, 7) is 1.37. The van der Waals surface area contributed by atoms with Gasteiger partial charge in [-0.3, -0.25) is 9.78 Å². The first-order chi connectivity index (χ1) is 12.7. The summed E-state index contributed by atoms with van der Waals surface area (Å²) in [5.41, 5.74) is 2.66. The van der Waals surface area contributed by atoms with Gasteiger partial charge in [0.1, 0.15) is 5.82 Å². The van der Waals surface area contributed by atoms with E-state index >= 15 is 0 Å². The van der Waals surface area contributed by atoms with Crippen LogP contribution in [0.1, 0.15) is 36.9 Å². The van der Waals surface area contributed by atoms with Crippen molar-refractivity contribution in [3.8, 4) is 11.4 Å². The lowest BCUT2D eigenvalue weighted by atomic mass is 9.81. The molecule has 2 atom stereocenters. The number of fused-ring (bicyclic) bond motifs is 2. The Balaban J connectivity index is 1.57. The van der Waals surface area contributed by atoms with Gasteiger partial charge < -0.3 is 10.0 Å². The molecule has 0 radical (unpaired) electrons. The maximum Gasteiger partial charge on any atom is 0.311 e. The van der Waals surface area contributed by atoms with Crippen LogP contribution in [0.4, 0.5) is 5.82 Å². The summed E-state index contributed by atoms with van der Waals surface area (Å²) in [4.78, 5) is 28.1. The highest BCUT2D eigenvalue weighted by Gasteiger charge is 2.55. The first-order valence-electron chi connectivity index (χ1n) is 9.46. The van der Waals surface area contributed by atoms with Crippen molar-refractivity contribution in [3.63, 3.8) is 0 Å². The molecule has 0 amide bonds. The second kappa shape index (κ2) is 5.76. The number of nitrogens with zero attached hydrogens (tertiary/aromatic N) is 4. The fourth-order valence-corrected chi connectivity index (χ4v) is 5.10. The average Bonchev–Trinajstić information content (AvgIpc) is 3.35. The van der Waals surface area contributed by atoms with Gasteiger partial charge in [0.2, 0.25) is 0 Å². The number of anilines is 1. The molecule has 2 aromatic heterocycles. The Morgan fingerprint density at radius 2 is 2.19 bits per heavy atom. The summed E-state index contributed by atoms with van der Waals surface area (Å²) < 4.78 is 0. The maximum atomic E-state index is 12.0. The van der Waals surface area contributed by atoms with E-state index in [1.165, 1.54) is 5.56 Å². The van der Waals surface area contributed by atoms with Crippen molar-refractivity contribution in [2.24, 2.45) is 11.3 Å². The molecular formula is C20H22N4O2. The summed E-state index contributed by atoms with van der Waals surface area (Å²) in [5.74, 6) is 1.26. The number of hydrogen-bond donors (Lipinski definition) is 1. The zero-order valence-corrected chi connectivity index (χ0v) is 14.7. The molecule has 5 rings (SSSR count). The number of carbonyl (C=O) groups is 1.